The molecular weight excluding hydrogens is 440 g/mol. The number of fused-ring (bicyclic) bond motifs is 1. The fourth-order valence-electron chi connectivity index (χ4n) is 3.36. The lowest BCUT2D eigenvalue weighted by molar-refractivity contribution is 0.0697. The van der Waals surface area contributed by atoms with E-state index >= 15 is 0 Å². The lowest BCUT2D eigenvalue weighted by Crippen LogP contribution is -2.17. The standard InChI is InChI=1S/C21H23BrN2O3S/c1-12(23(2)3)17-18-15(10-14(22)20(17)25)24(4)16(19(18)21(26)27)11-28-13-8-6-5-7-9-13/h5-10,12,25H,11H2,1-4H3,(H,26,27). The molecule has 1 unspecified atom stereocenters. The number of benzene rings is 2. The van der Waals surface area contributed by atoms with Gasteiger partial charge >= 0.3 is 5.97 Å². The second-order valence-corrected chi connectivity index (χ2v) is 8.85. The van der Waals surface area contributed by atoms with Crippen molar-refractivity contribution in [3.63, 3.8) is 0 Å². The zero-order chi connectivity index (χ0) is 20.6. The van der Waals surface area contributed by atoms with Gasteiger partial charge in [0.2, 0.25) is 0 Å². The number of hydrogen-bond acceptors (Lipinski definition) is 4. The van der Waals surface area contributed by atoms with E-state index in [1.165, 1.54) is 0 Å². The summed E-state index contributed by atoms with van der Waals surface area (Å²) in [5, 5.41) is 21.4. The number of aromatic nitrogens is 1. The quantitative estimate of drug-likeness (QED) is 0.489. The van der Waals surface area contributed by atoms with Crippen molar-refractivity contribution in [3.8, 4) is 5.75 Å². The molecule has 0 fully saturated rings. The highest BCUT2D eigenvalue weighted by Crippen LogP contribution is 2.43. The van der Waals surface area contributed by atoms with Gasteiger partial charge in [-0.2, -0.15) is 0 Å². The van der Waals surface area contributed by atoms with Gasteiger partial charge in [-0.25, -0.2) is 4.79 Å². The third-order valence-corrected chi connectivity index (χ3v) is 6.73. The Labute approximate surface area is 177 Å². The molecule has 0 aliphatic carbocycles. The molecule has 0 radical (unpaired) electrons. The summed E-state index contributed by atoms with van der Waals surface area (Å²) in [6.45, 7) is 1.96. The molecule has 1 atom stereocenters. The van der Waals surface area contributed by atoms with Gasteiger partial charge in [-0.05, 0) is 55.1 Å². The van der Waals surface area contributed by atoms with E-state index in [2.05, 4.69) is 15.9 Å². The Morgan fingerprint density at radius 2 is 1.93 bits per heavy atom. The molecule has 0 spiro atoms. The molecule has 0 aliphatic heterocycles. The van der Waals surface area contributed by atoms with Crippen molar-refractivity contribution in [2.45, 2.75) is 23.6 Å². The summed E-state index contributed by atoms with van der Waals surface area (Å²) in [4.78, 5) is 15.3. The first kappa shape index (κ1) is 20.8. The molecule has 2 N–H and O–H groups in total. The van der Waals surface area contributed by atoms with Crippen LogP contribution in [0.15, 0.2) is 45.8 Å². The average molecular weight is 463 g/mol. The molecule has 148 valence electrons. The molecule has 7 heteroatoms. The van der Waals surface area contributed by atoms with Gasteiger partial charge in [0.05, 0.1) is 15.6 Å². The third kappa shape index (κ3) is 3.66. The maximum absolute atomic E-state index is 12.3. The number of rotatable bonds is 6. The predicted molar refractivity (Wildman–Crippen MR) is 117 cm³/mol. The number of aryl methyl sites for hydroxylation is 1. The minimum atomic E-state index is -0.983. The fraction of sp³-hybridized carbons (Fsp3) is 0.286. The Kier molecular flexibility index (Phi) is 6.07. The highest BCUT2D eigenvalue weighted by molar-refractivity contribution is 9.10. The molecule has 3 aromatic rings. The summed E-state index contributed by atoms with van der Waals surface area (Å²) in [6, 6.07) is 11.5. The van der Waals surface area contributed by atoms with Gasteiger partial charge in [0.1, 0.15) is 5.75 Å². The summed E-state index contributed by atoms with van der Waals surface area (Å²) in [7, 11) is 5.70. The lowest BCUT2D eigenvalue weighted by atomic mass is 9.98. The van der Waals surface area contributed by atoms with Crippen molar-refractivity contribution in [2.75, 3.05) is 14.1 Å². The summed E-state index contributed by atoms with van der Waals surface area (Å²) < 4.78 is 2.48. The number of aromatic carboxylic acids is 1. The summed E-state index contributed by atoms with van der Waals surface area (Å²) in [6.07, 6.45) is 0. The molecule has 1 aromatic heterocycles. The van der Waals surface area contributed by atoms with Crippen molar-refractivity contribution in [1.82, 2.24) is 9.47 Å². The summed E-state index contributed by atoms with van der Waals surface area (Å²) in [5.41, 5.74) is 2.39. The highest BCUT2D eigenvalue weighted by Gasteiger charge is 2.28. The van der Waals surface area contributed by atoms with Crippen LogP contribution >= 0.6 is 27.7 Å². The number of aromatic hydroxyl groups is 1. The second kappa shape index (κ2) is 8.19. The number of nitrogens with zero attached hydrogens (tertiary/aromatic N) is 2. The van der Waals surface area contributed by atoms with E-state index in [0.717, 1.165) is 16.1 Å². The van der Waals surface area contributed by atoms with E-state index in [-0.39, 0.29) is 17.4 Å². The van der Waals surface area contributed by atoms with E-state index in [1.54, 1.807) is 17.8 Å². The predicted octanol–water partition coefficient (Wildman–Crippen LogP) is 5.26. The van der Waals surface area contributed by atoms with Crippen LogP contribution in [0.5, 0.6) is 5.75 Å². The Bertz CT molecular complexity index is 1030. The van der Waals surface area contributed by atoms with E-state index < -0.39 is 5.97 Å². The van der Waals surface area contributed by atoms with Crippen molar-refractivity contribution >= 4 is 44.6 Å². The first-order valence-electron chi connectivity index (χ1n) is 8.84. The van der Waals surface area contributed by atoms with Crippen molar-refractivity contribution in [1.29, 1.82) is 0 Å². The topological polar surface area (TPSA) is 65.7 Å². The van der Waals surface area contributed by atoms with E-state index in [9.17, 15) is 15.0 Å². The van der Waals surface area contributed by atoms with Gasteiger partial charge in [-0.3, -0.25) is 0 Å². The van der Waals surface area contributed by atoms with Crippen LogP contribution in [0.1, 0.15) is 34.6 Å². The number of carbonyl (C=O) groups is 1. The van der Waals surface area contributed by atoms with Crippen LogP contribution in [-0.2, 0) is 12.8 Å². The molecule has 28 heavy (non-hydrogen) atoms. The van der Waals surface area contributed by atoms with Crippen LogP contribution < -0.4 is 0 Å². The molecule has 0 saturated heterocycles. The highest BCUT2D eigenvalue weighted by atomic mass is 79.9. The zero-order valence-electron chi connectivity index (χ0n) is 16.2. The van der Waals surface area contributed by atoms with Gasteiger partial charge in [0.25, 0.3) is 0 Å². The maximum atomic E-state index is 12.3. The molecule has 0 bridgehead atoms. The third-order valence-electron chi connectivity index (χ3n) is 5.10. The van der Waals surface area contributed by atoms with Gasteiger partial charge in [-0.15, -0.1) is 11.8 Å². The molecule has 0 aliphatic rings. The summed E-state index contributed by atoms with van der Waals surface area (Å²) in [5.74, 6) is -0.377. The van der Waals surface area contributed by atoms with Crippen LogP contribution in [0, 0.1) is 0 Å². The second-order valence-electron chi connectivity index (χ2n) is 6.94. The summed E-state index contributed by atoms with van der Waals surface area (Å²) >= 11 is 5.03. The molecule has 3 rings (SSSR count). The molecule has 5 nitrogen and oxygen atoms in total. The molecule has 2 aromatic carbocycles. The average Bonchev–Trinajstić information content (AvgIpc) is 2.93. The Morgan fingerprint density at radius 3 is 2.50 bits per heavy atom. The number of thioether (sulfide) groups is 1. The number of hydrogen-bond donors (Lipinski definition) is 2. The van der Waals surface area contributed by atoms with Crippen molar-refractivity contribution in [3.05, 3.63) is 57.7 Å². The maximum Gasteiger partial charge on any atom is 0.338 e. The Balaban J connectivity index is 2.25. The van der Waals surface area contributed by atoms with E-state index in [1.807, 2.05) is 67.9 Å². The minimum Gasteiger partial charge on any atom is -0.506 e. The normalized spacial score (nSPS) is 12.6. The van der Waals surface area contributed by atoms with E-state index in [0.29, 0.717) is 21.2 Å². The van der Waals surface area contributed by atoms with Gasteiger partial charge in [-0.1, -0.05) is 18.2 Å². The molecule has 1 heterocycles. The van der Waals surface area contributed by atoms with Crippen LogP contribution in [0.2, 0.25) is 0 Å². The Morgan fingerprint density at radius 1 is 1.29 bits per heavy atom. The monoisotopic (exact) mass is 462 g/mol. The minimum absolute atomic E-state index is 0.0871. The van der Waals surface area contributed by atoms with Crippen LogP contribution in [0.25, 0.3) is 10.9 Å². The zero-order valence-corrected chi connectivity index (χ0v) is 18.6. The van der Waals surface area contributed by atoms with Gasteiger partial charge < -0.3 is 19.7 Å². The van der Waals surface area contributed by atoms with Gasteiger partial charge in [0.15, 0.2) is 0 Å². The smallest absolute Gasteiger partial charge is 0.338 e. The number of carboxylic acid groups (broad SMARTS) is 1. The SMILES string of the molecule is CC(c1c(O)c(Br)cc2c1c(C(=O)O)c(CSc1ccccc1)n2C)N(C)C. The first-order chi connectivity index (χ1) is 13.2. The van der Waals surface area contributed by atoms with E-state index in [4.69, 9.17) is 0 Å². The molecule has 0 amide bonds. The largest absolute Gasteiger partial charge is 0.506 e. The first-order valence-corrected chi connectivity index (χ1v) is 10.6. The number of phenols is 1. The van der Waals surface area contributed by atoms with Crippen molar-refractivity contribution in [2.24, 2.45) is 7.05 Å². The number of carboxylic acids is 1. The Hall–Kier alpha value is -1.96. The van der Waals surface area contributed by atoms with Crippen LogP contribution in [-0.4, -0.2) is 39.7 Å². The number of halogens is 1. The molecular formula is C21H23BrN2O3S. The van der Waals surface area contributed by atoms with Crippen LogP contribution in [0.3, 0.4) is 0 Å². The number of phenolic OH excluding ortho intramolecular Hbond substituents is 1. The fourth-order valence-corrected chi connectivity index (χ4v) is 4.78. The lowest BCUT2D eigenvalue weighted by Gasteiger charge is -2.23. The van der Waals surface area contributed by atoms with Gasteiger partial charge in [0, 0.05) is 40.4 Å². The molecule has 0 saturated carbocycles. The van der Waals surface area contributed by atoms with Crippen molar-refractivity contribution < 1.29 is 15.0 Å². The van der Waals surface area contributed by atoms with Crippen LogP contribution in [0.4, 0.5) is 0 Å².